The summed E-state index contributed by atoms with van der Waals surface area (Å²) < 4.78 is 0. The van der Waals surface area contributed by atoms with E-state index in [-0.39, 0.29) is 0 Å². The van der Waals surface area contributed by atoms with Crippen LogP contribution in [-0.2, 0) is 4.79 Å². The van der Waals surface area contributed by atoms with Crippen molar-refractivity contribution in [2.24, 2.45) is 5.92 Å². The van der Waals surface area contributed by atoms with E-state index in [1.165, 1.54) is 57.8 Å². The first-order valence-corrected chi connectivity index (χ1v) is 8.08. The molecule has 0 aromatic heterocycles. The van der Waals surface area contributed by atoms with Crippen LogP contribution >= 0.6 is 0 Å². The van der Waals surface area contributed by atoms with Crippen molar-refractivity contribution >= 4 is 5.78 Å². The molecule has 1 aliphatic heterocycles. The number of carbonyl (C=O) groups is 1. The van der Waals surface area contributed by atoms with Crippen LogP contribution < -0.4 is 5.32 Å². The van der Waals surface area contributed by atoms with E-state index in [2.05, 4.69) is 12.2 Å². The van der Waals surface area contributed by atoms with E-state index in [1.807, 2.05) is 0 Å². The molecular formula is C16H31NO. The summed E-state index contributed by atoms with van der Waals surface area (Å²) in [7, 11) is 0. The lowest BCUT2D eigenvalue weighted by molar-refractivity contribution is -0.124. The van der Waals surface area contributed by atoms with Crippen LogP contribution in [0.5, 0.6) is 0 Å². The van der Waals surface area contributed by atoms with Gasteiger partial charge in [0.25, 0.3) is 0 Å². The van der Waals surface area contributed by atoms with E-state index in [0.717, 1.165) is 25.9 Å². The zero-order valence-corrected chi connectivity index (χ0v) is 12.2. The van der Waals surface area contributed by atoms with Crippen molar-refractivity contribution in [1.29, 1.82) is 0 Å². The average molecular weight is 253 g/mol. The Balaban J connectivity index is 1.74. The third-order valence-corrected chi connectivity index (χ3v) is 4.01. The summed E-state index contributed by atoms with van der Waals surface area (Å²) in [6, 6.07) is 0. The van der Waals surface area contributed by atoms with E-state index in [0.29, 0.717) is 11.7 Å². The van der Waals surface area contributed by atoms with Crippen molar-refractivity contribution < 1.29 is 4.79 Å². The van der Waals surface area contributed by atoms with E-state index in [9.17, 15) is 4.79 Å². The van der Waals surface area contributed by atoms with Gasteiger partial charge in [0.05, 0.1) is 0 Å². The predicted octanol–water partition coefficient (Wildman–Crippen LogP) is 4.09. The molecule has 0 bridgehead atoms. The van der Waals surface area contributed by atoms with Gasteiger partial charge in [-0.1, -0.05) is 64.7 Å². The molecule has 1 fully saturated rings. The summed E-state index contributed by atoms with van der Waals surface area (Å²) in [5.74, 6) is 0.844. The summed E-state index contributed by atoms with van der Waals surface area (Å²) in [6.45, 7) is 4.12. The molecule has 0 spiro atoms. The molecule has 106 valence electrons. The Hall–Kier alpha value is -0.370. The van der Waals surface area contributed by atoms with Gasteiger partial charge in [0.15, 0.2) is 0 Å². The van der Waals surface area contributed by atoms with Gasteiger partial charge in [0, 0.05) is 25.4 Å². The molecule has 0 atom stereocenters. The van der Waals surface area contributed by atoms with E-state index in [1.54, 1.807) is 0 Å². The maximum atomic E-state index is 11.6. The van der Waals surface area contributed by atoms with E-state index >= 15 is 0 Å². The van der Waals surface area contributed by atoms with E-state index < -0.39 is 0 Å². The van der Waals surface area contributed by atoms with Crippen LogP contribution in [0.3, 0.4) is 0 Å². The lowest BCUT2D eigenvalue weighted by Gasteiger charge is -2.25. The molecular weight excluding hydrogens is 222 g/mol. The Labute approximate surface area is 113 Å². The van der Waals surface area contributed by atoms with Crippen LogP contribution in [0.15, 0.2) is 0 Å². The standard InChI is InChI=1S/C16H31NO/c1-2-3-4-5-6-7-8-9-10-11-12-16(18)15-13-17-14-15/h15,17H,2-14H2,1H3. The average Bonchev–Trinajstić information content (AvgIpc) is 2.29. The molecule has 0 aromatic carbocycles. The molecule has 1 N–H and O–H groups in total. The summed E-state index contributed by atoms with van der Waals surface area (Å²) >= 11 is 0. The number of nitrogens with one attached hydrogen (secondary N) is 1. The molecule has 2 heteroatoms. The maximum absolute atomic E-state index is 11.6. The van der Waals surface area contributed by atoms with Crippen molar-refractivity contribution in [3.05, 3.63) is 0 Å². The molecule has 1 rings (SSSR count). The molecule has 0 aliphatic carbocycles. The van der Waals surface area contributed by atoms with Crippen LogP contribution in [0.4, 0.5) is 0 Å². The zero-order chi connectivity index (χ0) is 13.1. The third kappa shape index (κ3) is 7.15. The van der Waals surface area contributed by atoms with Gasteiger partial charge in [-0.3, -0.25) is 4.79 Å². The molecule has 2 nitrogen and oxygen atoms in total. The lowest BCUT2D eigenvalue weighted by atomic mass is 9.94. The zero-order valence-electron chi connectivity index (χ0n) is 12.2. The van der Waals surface area contributed by atoms with Gasteiger partial charge in [-0.25, -0.2) is 0 Å². The van der Waals surface area contributed by atoms with Gasteiger partial charge in [0.1, 0.15) is 5.78 Å². The Morgan fingerprint density at radius 3 is 1.83 bits per heavy atom. The topological polar surface area (TPSA) is 29.1 Å². The van der Waals surface area contributed by atoms with Crippen molar-refractivity contribution in [3.8, 4) is 0 Å². The van der Waals surface area contributed by atoms with Crippen molar-refractivity contribution in [2.45, 2.75) is 77.6 Å². The highest BCUT2D eigenvalue weighted by Gasteiger charge is 2.23. The number of rotatable bonds is 12. The smallest absolute Gasteiger partial charge is 0.138 e. The quantitative estimate of drug-likeness (QED) is 0.531. The number of unbranched alkanes of at least 4 members (excludes halogenated alkanes) is 9. The Kier molecular flexibility index (Phi) is 9.19. The van der Waals surface area contributed by atoms with Crippen LogP contribution in [0.2, 0.25) is 0 Å². The minimum atomic E-state index is 0.351. The minimum Gasteiger partial charge on any atom is -0.315 e. The Bertz CT molecular complexity index is 211. The second-order valence-corrected chi connectivity index (χ2v) is 5.75. The van der Waals surface area contributed by atoms with Gasteiger partial charge in [-0.2, -0.15) is 0 Å². The second kappa shape index (κ2) is 10.5. The van der Waals surface area contributed by atoms with Crippen LogP contribution in [0, 0.1) is 5.92 Å². The van der Waals surface area contributed by atoms with Crippen molar-refractivity contribution in [1.82, 2.24) is 5.32 Å². The number of Topliss-reactive ketones (excluding diaryl/α,β-unsaturated/α-hetero) is 1. The van der Waals surface area contributed by atoms with Crippen LogP contribution in [0.25, 0.3) is 0 Å². The van der Waals surface area contributed by atoms with Gasteiger partial charge in [-0.05, 0) is 6.42 Å². The molecule has 1 aliphatic rings. The Morgan fingerprint density at radius 1 is 0.889 bits per heavy atom. The fourth-order valence-corrected chi connectivity index (χ4v) is 2.51. The largest absolute Gasteiger partial charge is 0.315 e. The molecule has 1 saturated heterocycles. The number of hydrogen-bond donors (Lipinski definition) is 1. The highest BCUT2D eigenvalue weighted by molar-refractivity contribution is 5.82. The Morgan fingerprint density at radius 2 is 1.39 bits per heavy atom. The first kappa shape index (κ1) is 15.7. The van der Waals surface area contributed by atoms with Gasteiger partial charge >= 0.3 is 0 Å². The highest BCUT2D eigenvalue weighted by Crippen LogP contribution is 2.13. The number of ketones is 1. The highest BCUT2D eigenvalue weighted by atomic mass is 16.1. The monoisotopic (exact) mass is 253 g/mol. The summed E-state index contributed by atoms with van der Waals surface area (Å²) in [6.07, 6.45) is 14.3. The SMILES string of the molecule is CCCCCCCCCCCCC(=O)C1CNC1. The molecule has 1 heterocycles. The lowest BCUT2D eigenvalue weighted by Crippen LogP contribution is -2.46. The van der Waals surface area contributed by atoms with Gasteiger partial charge in [-0.15, -0.1) is 0 Å². The first-order chi connectivity index (χ1) is 8.84. The van der Waals surface area contributed by atoms with Gasteiger partial charge in [0.2, 0.25) is 0 Å². The number of hydrogen-bond acceptors (Lipinski definition) is 2. The summed E-state index contributed by atoms with van der Waals surface area (Å²) in [4.78, 5) is 11.6. The second-order valence-electron chi connectivity index (χ2n) is 5.75. The molecule has 0 unspecified atom stereocenters. The van der Waals surface area contributed by atoms with Crippen LogP contribution in [0.1, 0.15) is 77.6 Å². The normalized spacial score (nSPS) is 15.6. The predicted molar refractivity (Wildman–Crippen MR) is 77.8 cm³/mol. The molecule has 0 saturated carbocycles. The van der Waals surface area contributed by atoms with Crippen molar-refractivity contribution in [3.63, 3.8) is 0 Å². The van der Waals surface area contributed by atoms with Crippen LogP contribution in [-0.4, -0.2) is 18.9 Å². The van der Waals surface area contributed by atoms with Crippen molar-refractivity contribution in [2.75, 3.05) is 13.1 Å². The first-order valence-electron chi connectivity index (χ1n) is 8.08. The third-order valence-electron chi connectivity index (χ3n) is 4.01. The van der Waals surface area contributed by atoms with E-state index in [4.69, 9.17) is 0 Å². The number of carbonyl (C=O) groups excluding carboxylic acids is 1. The molecule has 18 heavy (non-hydrogen) atoms. The molecule has 0 aromatic rings. The maximum Gasteiger partial charge on any atom is 0.138 e. The molecule has 0 amide bonds. The minimum absolute atomic E-state index is 0.351. The summed E-state index contributed by atoms with van der Waals surface area (Å²) in [5.41, 5.74) is 0. The molecule has 0 radical (unpaired) electrons. The fourth-order valence-electron chi connectivity index (χ4n) is 2.51. The fraction of sp³-hybridized carbons (Fsp3) is 0.938. The summed E-state index contributed by atoms with van der Waals surface area (Å²) in [5, 5.41) is 3.16. The van der Waals surface area contributed by atoms with Gasteiger partial charge < -0.3 is 5.32 Å².